The average Bonchev–Trinajstić information content (AvgIpc) is 2.52. The minimum Gasteiger partial charge on any atom is -0.464 e. The molecule has 1 heterocycles. The first kappa shape index (κ1) is 11.4. The molecule has 5 heteroatoms. The van der Waals surface area contributed by atoms with Crippen molar-refractivity contribution in [1.82, 2.24) is 5.32 Å². The van der Waals surface area contributed by atoms with Crippen molar-refractivity contribution in [2.45, 2.75) is 25.8 Å². The molecule has 1 aliphatic rings. The highest BCUT2D eigenvalue weighted by Crippen LogP contribution is 2.07. The number of cyclic esters (lactones) is 1. The molecule has 0 aliphatic carbocycles. The first-order valence-electron chi connectivity index (χ1n) is 4.77. The van der Waals surface area contributed by atoms with Gasteiger partial charge in [-0.2, -0.15) is 11.8 Å². The van der Waals surface area contributed by atoms with Gasteiger partial charge in [0.1, 0.15) is 6.04 Å². The first-order chi connectivity index (χ1) is 6.74. The summed E-state index contributed by atoms with van der Waals surface area (Å²) in [5, 5.41) is 2.65. The van der Waals surface area contributed by atoms with Crippen molar-refractivity contribution in [1.29, 1.82) is 0 Å². The number of thioether (sulfide) groups is 1. The van der Waals surface area contributed by atoms with E-state index in [-0.39, 0.29) is 11.9 Å². The molecular formula is C9H15NO3S. The van der Waals surface area contributed by atoms with Gasteiger partial charge in [0.05, 0.1) is 12.4 Å². The van der Waals surface area contributed by atoms with Crippen LogP contribution in [0, 0.1) is 0 Å². The summed E-state index contributed by atoms with van der Waals surface area (Å²) >= 11 is 1.58. The standard InChI is InChI=1S/C9H15NO3S/c1-2-5-14-6-8(11)10-7-3-4-13-9(7)12/h7H,2-6H2,1H3,(H,10,11). The quantitative estimate of drug-likeness (QED) is 0.540. The van der Waals surface area contributed by atoms with Crippen molar-refractivity contribution in [3.05, 3.63) is 0 Å². The number of hydrogen-bond acceptors (Lipinski definition) is 4. The first-order valence-corrected chi connectivity index (χ1v) is 5.93. The Labute approximate surface area is 87.8 Å². The Morgan fingerprint density at radius 2 is 2.50 bits per heavy atom. The second-order valence-electron chi connectivity index (χ2n) is 3.13. The van der Waals surface area contributed by atoms with Crippen molar-refractivity contribution in [3.8, 4) is 0 Å². The molecule has 1 saturated heterocycles. The molecule has 14 heavy (non-hydrogen) atoms. The van der Waals surface area contributed by atoms with Crippen LogP contribution < -0.4 is 5.32 Å². The van der Waals surface area contributed by atoms with E-state index >= 15 is 0 Å². The number of nitrogens with one attached hydrogen (secondary N) is 1. The lowest BCUT2D eigenvalue weighted by Crippen LogP contribution is -2.38. The molecule has 0 spiro atoms. The lowest BCUT2D eigenvalue weighted by molar-refractivity contribution is -0.141. The van der Waals surface area contributed by atoms with Crippen molar-refractivity contribution in [3.63, 3.8) is 0 Å². The van der Waals surface area contributed by atoms with Gasteiger partial charge >= 0.3 is 5.97 Å². The Balaban J connectivity index is 2.16. The van der Waals surface area contributed by atoms with Crippen molar-refractivity contribution in [2.24, 2.45) is 0 Å². The molecule has 4 nitrogen and oxygen atoms in total. The van der Waals surface area contributed by atoms with Gasteiger partial charge in [0.15, 0.2) is 0 Å². The van der Waals surface area contributed by atoms with Crippen LogP contribution in [0.4, 0.5) is 0 Å². The third kappa shape index (κ3) is 3.57. The predicted molar refractivity (Wildman–Crippen MR) is 55.1 cm³/mol. The molecule has 1 atom stereocenters. The maximum Gasteiger partial charge on any atom is 0.328 e. The average molecular weight is 217 g/mol. The van der Waals surface area contributed by atoms with Crippen LogP contribution in [-0.2, 0) is 14.3 Å². The maximum absolute atomic E-state index is 11.3. The second-order valence-corrected chi connectivity index (χ2v) is 4.23. The summed E-state index contributed by atoms with van der Waals surface area (Å²) in [5.41, 5.74) is 0. The van der Waals surface area contributed by atoms with Gasteiger partial charge in [-0.25, -0.2) is 4.79 Å². The summed E-state index contributed by atoms with van der Waals surface area (Å²) in [4.78, 5) is 22.3. The molecule has 0 radical (unpaired) electrons. The minimum absolute atomic E-state index is 0.0766. The molecule has 0 bridgehead atoms. The van der Waals surface area contributed by atoms with Crippen molar-refractivity contribution in [2.75, 3.05) is 18.1 Å². The zero-order chi connectivity index (χ0) is 10.4. The fourth-order valence-corrected chi connectivity index (χ4v) is 1.87. The van der Waals surface area contributed by atoms with Gasteiger partial charge in [-0.1, -0.05) is 6.92 Å². The van der Waals surface area contributed by atoms with Crippen molar-refractivity contribution < 1.29 is 14.3 Å². The summed E-state index contributed by atoms with van der Waals surface area (Å²) in [6.07, 6.45) is 1.66. The topological polar surface area (TPSA) is 55.4 Å². The molecule has 1 N–H and O–H groups in total. The third-order valence-corrected chi connectivity index (χ3v) is 3.02. The van der Waals surface area contributed by atoms with Crippen molar-refractivity contribution >= 4 is 23.6 Å². The molecule has 80 valence electrons. The van der Waals surface area contributed by atoms with Crippen LogP contribution in [0.2, 0.25) is 0 Å². The molecule has 1 aliphatic heterocycles. The van der Waals surface area contributed by atoms with Gasteiger partial charge < -0.3 is 10.1 Å². The largest absolute Gasteiger partial charge is 0.464 e. The molecule has 1 rings (SSSR count). The molecule has 1 amide bonds. The Morgan fingerprint density at radius 3 is 3.07 bits per heavy atom. The summed E-state index contributed by atoms with van der Waals surface area (Å²) < 4.78 is 4.73. The number of carbonyl (C=O) groups excluding carboxylic acids is 2. The number of esters is 1. The van der Waals surface area contributed by atoms with Crippen LogP contribution in [0.5, 0.6) is 0 Å². The van der Waals surface area contributed by atoms with Crippen LogP contribution in [0.1, 0.15) is 19.8 Å². The van der Waals surface area contributed by atoms with E-state index < -0.39 is 6.04 Å². The van der Waals surface area contributed by atoms with E-state index in [1.807, 2.05) is 0 Å². The lowest BCUT2D eigenvalue weighted by atomic mass is 10.2. The normalized spacial score (nSPS) is 20.6. The Bertz CT molecular complexity index is 220. The summed E-state index contributed by atoms with van der Waals surface area (Å²) in [6, 6.07) is -0.412. The lowest BCUT2D eigenvalue weighted by Gasteiger charge is -2.07. The smallest absolute Gasteiger partial charge is 0.328 e. The summed E-state index contributed by atoms with van der Waals surface area (Å²) in [5.74, 6) is 1.02. The zero-order valence-electron chi connectivity index (χ0n) is 8.25. The number of hydrogen-bond donors (Lipinski definition) is 1. The number of carbonyl (C=O) groups is 2. The van der Waals surface area contributed by atoms with Gasteiger partial charge in [0.25, 0.3) is 0 Å². The Hall–Kier alpha value is -0.710. The monoisotopic (exact) mass is 217 g/mol. The number of rotatable bonds is 5. The van der Waals surface area contributed by atoms with E-state index in [1.165, 1.54) is 0 Å². The number of ether oxygens (including phenoxy) is 1. The predicted octanol–water partition coefficient (Wildman–Crippen LogP) is 0.561. The molecule has 1 unspecified atom stereocenters. The van der Waals surface area contributed by atoms with E-state index in [2.05, 4.69) is 12.2 Å². The zero-order valence-corrected chi connectivity index (χ0v) is 9.06. The highest BCUT2D eigenvalue weighted by molar-refractivity contribution is 7.99. The highest BCUT2D eigenvalue weighted by Gasteiger charge is 2.27. The molecule has 0 saturated carbocycles. The van der Waals surface area contributed by atoms with Crippen LogP contribution in [0.15, 0.2) is 0 Å². The van der Waals surface area contributed by atoms with E-state index in [0.717, 1.165) is 12.2 Å². The van der Waals surface area contributed by atoms with Crippen LogP contribution >= 0.6 is 11.8 Å². The van der Waals surface area contributed by atoms with Crippen LogP contribution in [-0.4, -0.2) is 36.0 Å². The molecule has 0 aromatic heterocycles. The molecule has 0 aromatic carbocycles. The van der Waals surface area contributed by atoms with Gasteiger partial charge in [-0.15, -0.1) is 0 Å². The SMILES string of the molecule is CCCSCC(=O)NC1CCOC1=O. The maximum atomic E-state index is 11.3. The molecule has 0 aromatic rings. The second kappa shape index (κ2) is 5.90. The highest BCUT2D eigenvalue weighted by atomic mass is 32.2. The molecule has 1 fully saturated rings. The fourth-order valence-electron chi connectivity index (χ4n) is 1.17. The summed E-state index contributed by atoms with van der Waals surface area (Å²) in [6.45, 7) is 2.49. The van der Waals surface area contributed by atoms with Crippen LogP contribution in [0.25, 0.3) is 0 Å². The summed E-state index contributed by atoms with van der Waals surface area (Å²) in [7, 11) is 0. The Morgan fingerprint density at radius 1 is 1.71 bits per heavy atom. The van der Waals surface area contributed by atoms with Gasteiger partial charge in [0, 0.05) is 6.42 Å². The van der Waals surface area contributed by atoms with E-state index in [9.17, 15) is 9.59 Å². The minimum atomic E-state index is -0.412. The van der Waals surface area contributed by atoms with E-state index in [1.54, 1.807) is 11.8 Å². The fraction of sp³-hybridized carbons (Fsp3) is 0.778. The Kier molecular flexibility index (Phi) is 4.79. The van der Waals surface area contributed by atoms with Crippen LogP contribution in [0.3, 0.4) is 0 Å². The van der Waals surface area contributed by atoms with Gasteiger partial charge in [-0.3, -0.25) is 4.79 Å². The third-order valence-electron chi connectivity index (χ3n) is 1.85. The van der Waals surface area contributed by atoms with Gasteiger partial charge in [-0.05, 0) is 12.2 Å². The van der Waals surface area contributed by atoms with Gasteiger partial charge in [0.2, 0.25) is 5.91 Å². The molecular weight excluding hydrogens is 202 g/mol. The van der Waals surface area contributed by atoms with E-state index in [0.29, 0.717) is 18.8 Å². The number of amides is 1. The van der Waals surface area contributed by atoms with E-state index in [4.69, 9.17) is 4.74 Å².